The molecule has 1 saturated heterocycles. The van der Waals surface area contributed by atoms with E-state index in [1.54, 1.807) is 11.0 Å². The van der Waals surface area contributed by atoms with Gasteiger partial charge in [-0.15, -0.1) is 0 Å². The van der Waals surface area contributed by atoms with Crippen LogP contribution in [-0.2, 0) is 11.0 Å². The van der Waals surface area contributed by atoms with Crippen LogP contribution in [0.15, 0.2) is 42.6 Å². The lowest BCUT2D eigenvalue weighted by Gasteiger charge is -2.35. The number of hydrogen-bond donors (Lipinski definition) is 0. The van der Waals surface area contributed by atoms with Crippen LogP contribution in [-0.4, -0.2) is 55.2 Å². The summed E-state index contributed by atoms with van der Waals surface area (Å²) in [4.78, 5) is 20.1. The van der Waals surface area contributed by atoms with E-state index in [2.05, 4.69) is 4.98 Å². The predicted octanol–water partition coefficient (Wildman–Crippen LogP) is 4.65. The molecule has 9 heteroatoms. The van der Waals surface area contributed by atoms with Crippen molar-refractivity contribution in [2.75, 3.05) is 44.3 Å². The Morgan fingerprint density at radius 2 is 1.82 bits per heavy atom. The van der Waals surface area contributed by atoms with Gasteiger partial charge in [0.1, 0.15) is 5.82 Å². The molecule has 1 fully saturated rings. The number of alkyl halides is 3. The van der Waals surface area contributed by atoms with Gasteiger partial charge in [0.15, 0.2) is 11.5 Å². The number of pyridine rings is 1. The summed E-state index contributed by atoms with van der Waals surface area (Å²) in [5.41, 5.74) is 0.0471. The van der Waals surface area contributed by atoms with Gasteiger partial charge in [-0.25, -0.2) is 4.98 Å². The number of carbonyl (C=O) groups is 1. The minimum absolute atomic E-state index is 0.126. The van der Waals surface area contributed by atoms with Gasteiger partial charge in [-0.05, 0) is 49.2 Å². The number of nitrogens with zero attached hydrogens (tertiary/aromatic N) is 3. The third-order valence-corrected chi connectivity index (χ3v) is 5.14. The first-order chi connectivity index (χ1) is 15.8. The minimum atomic E-state index is -4.41. The Morgan fingerprint density at radius 3 is 2.42 bits per heavy atom. The normalized spacial score (nSPS) is 14.6. The van der Waals surface area contributed by atoms with Crippen LogP contribution < -0.4 is 14.4 Å². The number of halogens is 3. The van der Waals surface area contributed by atoms with Gasteiger partial charge in [0, 0.05) is 38.5 Å². The van der Waals surface area contributed by atoms with Crippen LogP contribution in [0.1, 0.15) is 31.4 Å². The number of benzene rings is 1. The predicted molar refractivity (Wildman–Crippen MR) is 120 cm³/mol. The fourth-order valence-electron chi connectivity index (χ4n) is 3.40. The molecule has 1 aromatic carbocycles. The van der Waals surface area contributed by atoms with E-state index in [-0.39, 0.29) is 5.91 Å². The molecule has 1 aromatic heterocycles. The maximum atomic E-state index is 12.7. The first kappa shape index (κ1) is 24.4. The second-order valence-corrected chi connectivity index (χ2v) is 7.54. The zero-order valence-electron chi connectivity index (χ0n) is 18.8. The van der Waals surface area contributed by atoms with E-state index in [0.29, 0.717) is 56.7 Å². The van der Waals surface area contributed by atoms with Crippen molar-refractivity contribution in [3.05, 3.63) is 53.7 Å². The van der Waals surface area contributed by atoms with Crippen LogP contribution in [0.5, 0.6) is 11.5 Å². The van der Waals surface area contributed by atoms with E-state index in [1.807, 2.05) is 36.9 Å². The van der Waals surface area contributed by atoms with Gasteiger partial charge >= 0.3 is 6.18 Å². The molecular formula is C24H28F3N3O3. The lowest BCUT2D eigenvalue weighted by atomic mass is 10.1. The van der Waals surface area contributed by atoms with Crippen molar-refractivity contribution >= 4 is 17.8 Å². The zero-order chi connectivity index (χ0) is 23.8. The summed E-state index contributed by atoms with van der Waals surface area (Å²) in [5.74, 6) is 1.66. The highest BCUT2D eigenvalue weighted by atomic mass is 19.4. The average molecular weight is 464 g/mol. The van der Waals surface area contributed by atoms with Gasteiger partial charge in [0.25, 0.3) is 0 Å². The summed E-state index contributed by atoms with van der Waals surface area (Å²) in [6.07, 6.45) is 0.575. The topological polar surface area (TPSA) is 54.9 Å². The van der Waals surface area contributed by atoms with Crippen molar-refractivity contribution in [3.8, 4) is 11.5 Å². The molecule has 0 atom stereocenters. The summed E-state index contributed by atoms with van der Waals surface area (Å²) >= 11 is 0. The monoisotopic (exact) mass is 463 g/mol. The second kappa shape index (κ2) is 11.1. The maximum Gasteiger partial charge on any atom is 0.417 e. The molecule has 3 rings (SSSR count). The summed E-state index contributed by atoms with van der Waals surface area (Å²) in [6.45, 7) is 6.94. The van der Waals surface area contributed by atoms with E-state index in [1.165, 1.54) is 12.1 Å². The molecule has 33 heavy (non-hydrogen) atoms. The number of carbonyl (C=O) groups excluding carboxylic acids is 1. The van der Waals surface area contributed by atoms with Crippen molar-refractivity contribution in [3.63, 3.8) is 0 Å². The molecule has 0 aliphatic carbocycles. The van der Waals surface area contributed by atoms with Gasteiger partial charge in [-0.1, -0.05) is 13.0 Å². The molecule has 6 nitrogen and oxygen atoms in total. The molecule has 2 aromatic rings. The first-order valence-corrected chi connectivity index (χ1v) is 11.0. The Kier molecular flexibility index (Phi) is 8.19. The molecule has 0 N–H and O–H groups in total. The molecule has 0 unspecified atom stereocenters. The third-order valence-electron chi connectivity index (χ3n) is 5.14. The Morgan fingerprint density at radius 1 is 1.06 bits per heavy atom. The van der Waals surface area contributed by atoms with Gasteiger partial charge < -0.3 is 19.3 Å². The largest absolute Gasteiger partial charge is 0.490 e. The van der Waals surface area contributed by atoms with E-state index < -0.39 is 11.7 Å². The smallest absolute Gasteiger partial charge is 0.417 e. The van der Waals surface area contributed by atoms with Crippen LogP contribution in [0.25, 0.3) is 6.08 Å². The molecule has 2 heterocycles. The van der Waals surface area contributed by atoms with E-state index >= 15 is 0 Å². The molecule has 0 saturated carbocycles. The van der Waals surface area contributed by atoms with E-state index in [4.69, 9.17) is 9.47 Å². The Hall–Kier alpha value is -3.23. The lowest BCUT2D eigenvalue weighted by Crippen LogP contribution is -2.48. The molecule has 1 aliphatic rings. The van der Waals surface area contributed by atoms with Crippen LogP contribution in [0.3, 0.4) is 0 Å². The van der Waals surface area contributed by atoms with Gasteiger partial charge in [0.05, 0.1) is 18.8 Å². The van der Waals surface area contributed by atoms with Crippen molar-refractivity contribution < 1.29 is 27.4 Å². The molecule has 0 bridgehead atoms. The summed E-state index contributed by atoms with van der Waals surface area (Å²) in [6, 6.07) is 7.93. The van der Waals surface area contributed by atoms with Gasteiger partial charge in [0.2, 0.25) is 5.91 Å². The highest BCUT2D eigenvalue weighted by Gasteiger charge is 2.31. The number of aromatic nitrogens is 1. The quantitative estimate of drug-likeness (QED) is 0.534. The Balaban J connectivity index is 1.57. The molecule has 1 aliphatic heterocycles. The fourth-order valence-corrected chi connectivity index (χ4v) is 3.40. The summed E-state index contributed by atoms with van der Waals surface area (Å²) < 4.78 is 49.5. The Labute approximate surface area is 191 Å². The summed E-state index contributed by atoms with van der Waals surface area (Å²) in [5, 5.41) is 0. The number of amides is 1. The van der Waals surface area contributed by atoms with Crippen LogP contribution in [0, 0.1) is 0 Å². The van der Waals surface area contributed by atoms with Crippen LogP contribution >= 0.6 is 0 Å². The van der Waals surface area contributed by atoms with Gasteiger partial charge in [-0.3, -0.25) is 4.79 Å². The van der Waals surface area contributed by atoms with Gasteiger partial charge in [-0.2, -0.15) is 13.2 Å². The number of piperazine rings is 1. The second-order valence-electron chi connectivity index (χ2n) is 7.54. The van der Waals surface area contributed by atoms with Crippen molar-refractivity contribution in [1.82, 2.24) is 9.88 Å². The lowest BCUT2D eigenvalue weighted by molar-refractivity contribution is -0.137. The molecule has 0 spiro atoms. The Bertz CT molecular complexity index is 954. The summed E-state index contributed by atoms with van der Waals surface area (Å²) in [7, 11) is 0. The minimum Gasteiger partial charge on any atom is -0.490 e. The number of hydrogen-bond acceptors (Lipinski definition) is 5. The van der Waals surface area contributed by atoms with E-state index in [0.717, 1.165) is 24.2 Å². The molecule has 178 valence electrons. The van der Waals surface area contributed by atoms with Crippen molar-refractivity contribution in [2.45, 2.75) is 26.4 Å². The van der Waals surface area contributed by atoms with E-state index in [9.17, 15) is 18.0 Å². The van der Waals surface area contributed by atoms with Crippen LogP contribution in [0.2, 0.25) is 0 Å². The fraction of sp³-hybridized carbons (Fsp3) is 0.417. The van der Waals surface area contributed by atoms with Crippen molar-refractivity contribution in [1.29, 1.82) is 0 Å². The maximum absolute atomic E-state index is 12.7. The molecule has 1 amide bonds. The number of anilines is 1. The average Bonchev–Trinajstić information content (AvgIpc) is 2.82. The first-order valence-electron chi connectivity index (χ1n) is 11.0. The molecule has 0 radical (unpaired) electrons. The standard InChI is InChI=1S/C24H28F3N3O3/c1-3-15-33-20-8-5-18(16-21(20)32-4-2)6-10-23(31)30-13-11-29(12-14-30)22-9-7-19(17-28-22)24(25,26)27/h5-10,16-17H,3-4,11-15H2,1-2H3/b10-6+. The van der Waals surface area contributed by atoms with Crippen molar-refractivity contribution in [2.24, 2.45) is 0 Å². The third kappa shape index (κ3) is 6.63. The SMILES string of the molecule is CCCOc1ccc(/C=C/C(=O)N2CCN(c3ccc(C(F)(F)F)cn3)CC2)cc1OCC. The highest BCUT2D eigenvalue weighted by molar-refractivity contribution is 5.92. The van der Waals surface area contributed by atoms with Crippen LogP contribution in [0.4, 0.5) is 19.0 Å². The number of ether oxygens (including phenoxy) is 2. The highest BCUT2D eigenvalue weighted by Crippen LogP contribution is 2.30. The zero-order valence-corrected chi connectivity index (χ0v) is 18.8. The number of rotatable bonds is 8. The molecular weight excluding hydrogens is 435 g/mol.